The molecule has 19 heavy (non-hydrogen) atoms. The molecule has 0 saturated heterocycles. The van der Waals surface area contributed by atoms with E-state index in [-0.39, 0.29) is 11.9 Å². The van der Waals surface area contributed by atoms with Gasteiger partial charge >= 0.3 is 12.0 Å². The van der Waals surface area contributed by atoms with E-state index in [9.17, 15) is 4.79 Å². The summed E-state index contributed by atoms with van der Waals surface area (Å²) < 4.78 is 5.07. The number of benzene rings is 1. The van der Waals surface area contributed by atoms with Crippen LogP contribution in [0.4, 0.5) is 5.69 Å². The van der Waals surface area contributed by atoms with Gasteiger partial charge in [0.15, 0.2) is 5.70 Å². The highest BCUT2D eigenvalue weighted by Crippen LogP contribution is 2.19. The molecule has 0 radical (unpaired) electrons. The van der Waals surface area contributed by atoms with Crippen molar-refractivity contribution in [2.75, 3.05) is 5.32 Å². The Bertz CT molecular complexity index is 600. The van der Waals surface area contributed by atoms with E-state index in [1.54, 1.807) is 6.08 Å². The molecule has 1 N–H and O–H groups in total. The molecule has 0 spiro atoms. The van der Waals surface area contributed by atoms with E-state index in [0.29, 0.717) is 5.70 Å². The van der Waals surface area contributed by atoms with E-state index >= 15 is 0 Å². The molecule has 4 heteroatoms. The smallest absolute Gasteiger partial charge is 0.364 e. The Morgan fingerprint density at radius 2 is 1.89 bits per heavy atom. The van der Waals surface area contributed by atoms with Crippen LogP contribution < -0.4 is 5.32 Å². The Kier molecular flexibility index (Phi) is 2.98. The molecule has 0 bridgehead atoms. The van der Waals surface area contributed by atoms with Crippen LogP contribution >= 0.6 is 0 Å². The number of nitrogens with one attached hydrogen (secondary N) is 1. The highest BCUT2D eigenvalue weighted by molar-refractivity contribution is 6.08. The second kappa shape index (κ2) is 4.94. The Labute approximate surface area is 110 Å². The molecule has 0 aromatic heterocycles. The number of amidine groups is 1. The SMILES string of the molecule is O=C1OC(Nc2ccccc2)=N/C1=C\C1C=CC=C1. The zero-order chi connectivity index (χ0) is 13.1. The number of esters is 1. The summed E-state index contributed by atoms with van der Waals surface area (Å²) in [6, 6.07) is 9.67. The van der Waals surface area contributed by atoms with E-state index in [1.807, 2.05) is 54.6 Å². The van der Waals surface area contributed by atoms with Gasteiger partial charge < -0.3 is 10.1 Å². The van der Waals surface area contributed by atoms with Crippen molar-refractivity contribution < 1.29 is 9.53 Å². The summed E-state index contributed by atoms with van der Waals surface area (Å²) in [5.74, 6) is -0.311. The Morgan fingerprint density at radius 3 is 2.63 bits per heavy atom. The van der Waals surface area contributed by atoms with Crippen molar-refractivity contribution in [1.29, 1.82) is 0 Å². The first-order chi connectivity index (χ1) is 9.31. The zero-order valence-electron chi connectivity index (χ0n) is 10.1. The van der Waals surface area contributed by atoms with Crippen LogP contribution in [0.15, 0.2) is 71.4 Å². The lowest BCUT2D eigenvalue weighted by Gasteiger charge is -2.02. The van der Waals surface area contributed by atoms with Crippen LogP contribution in [0.2, 0.25) is 0 Å². The maximum Gasteiger partial charge on any atom is 0.364 e. The zero-order valence-corrected chi connectivity index (χ0v) is 10.1. The number of rotatable bonds is 2. The van der Waals surface area contributed by atoms with Gasteiger partial charge in [-0.25, -0.2) is 4.79 Å². The van der Waals surface area contributed by atoms with Gasteiger partial charge in [0.25, 0.3) is 0 Å². The first kappa shape index (κ1) is 11.5. The van der Waals surface area contributed by atoms with Gasteiger partial charge in [-0.2, -0.15) is 4.99 Å². The fourth-order valence-corrected chi connectivity index (χ4v) is 1.86. The minimum absolute atomic E-state index is 0.113. The number of anilines is 1. The number of ether oxygens (including phenoxy) is 1. The molecule has 1 aliphatic carbocycles. The predicted octanol–water partition coefficient (Wildman–Crippen LogP) is 2.64. The summed E-state index contributed by atoms with van der Waals surface area (Å²) in [5, 5.41) is 2.96. The summed E-state index contributed by atoms with van der Waals surface area (Å²) in [6.45, 7) is 0. The van der Waals surface area contributed by atoms with Crippen LogP contribution in [0.3, 0.4) is 0 Å². The molecule has 3 rings (SSSR count). The van der Waals surface area contributed by atoms with E-state index < -0.39 is 5.97 Å². The predicted molar refractivity (Wildman–Crippen MR) is 73.4 cm³/mol. The van der Waals surface area contributed by atoms with Gasteiger partial charge in [0.05, 0.1) is 0 Å². The van der Waals surface area contributed by atoms with Gasteiger partial charge in [0.2, 0.25) is 0 Å². The van der Waals surface area contributed by atoms with Gasteiger partial charge in [-0.05, 0) is 18.2 Å². The number of allylic oxidation sites excluding steroid dienone is 5. The van der Waals surface area contributed by atoms with Gasteiger partial charge in [0.1, 0.15) is 0 Å². The molecule has 0 amide bonds. The van der Waals surface area contributed by atoms with Crippen LogP contribution in [-0.4, -0.2) is 12.0 Å². The molecule has 2 aliphatic rings. The minimum Gasteiger partial charge on any atom is -0.387 e. The molecule has 1 aromatic rings. The molecule has 1 heterocycles. The first-order valence-electron chi connectivity index (χ1n) is 6.01. The highest BCUT2D eigenvalue weighted by Gasteiger charge is 2.23. The molecule has 1 aliphatic heterocycles. The minimum atomic E-state index is -0.424. The second-order valence-corrected chi connectivity index (χ2v) is 4.20. The molecule has 0 atom stereocenters. The Balaban J connectivity index is 1.76. The number of carbonyl (C=O) groups is 1. The summed E-state index contributed by atoms with van der Waals surface area (Å²) in [7, 11) is 0. The van der Waals surface area contributed by atoms with Crippen molar-refractivity contribution in [1.82, 2.24) is 0 Å². The molecule has 0 unspecified atom stereocenters. The third-order valence-electron chi connectivity index (χ3n) is 2.77. The number of aliphatic imine (C=N–C) groups is 1. The lowest BCUT2D eigenvalue weighted by Crippen LogP contribution is -2.13. The normalized spacial score (nSPS) is 19.9. The fourth-order valence-electron chi connectivity index (χ4n) is 1.86. The first-order valence-corrected chi connectivity index (χ1v) is 6.01. The topological polar surface area (TPSA) is 50.7 Å². The second-order valence-electron chi connectivity index (χ2n) is 4.20. The van der Waals surface area contributed by atoms with Crippen molar-refractivity contribution in [2.45, 2.75) is 0 Å². The van der Waals surface area contributed by atoms with Crippen molar-refractivity contribution in [3.05, 3.63) is 66.4 Å². The number of para-hydroxylation sites is 1. The summed E-state index contributed by atoms with van der Waals surface area (Å²) in [6.07, 6.45) is 9.63. The molecule has 4 nitrogen and oxygen atoms in total. The van der Waals surface area contributed by atoms with Crippen molar-refractivity contribution >= 4 is 17.7 Å². The summed E-state index contributed by atoms with van der Waals surface area (Å²) >= 11 is 0. The number of hydrogen-bond acceptors (Lipinski definition) is 4. The maximum absolute atomic E-state index is 11.7. The van der Waals surface area contributed by atoms with E-state index in [0.717, 1.165) is 5.69 Å². The van der Waals surface area contributed by atoms with Crippen LogP contribution in [-0.2, 0) is 9.53 Å². The average Bonchev–Trinajstić information content (AvgIpc) is 3.02. The third-order valence-corrected chi connectivity index (χ3v) is 2.77. The summed E-state index contributed by atoms with van der Waals surface area (Å²) in [4.78, 5) is 15.8. The molecule has 0 saturated carbocycles. The molecule has 0 fully saturated rings. The summed E-state index contributed by atoms with van der Waals surface area (Å²) in [5.41, 5.74) is 1.16. The van der Waals surface area contributed by atoms with Crippen LogP contribution in [0.1, 0.15) is 0 Å². The average molecular weight is 252 g/mol. The largest absolute Gasteiger partial charge is 0.387 e. The molecule has 1 aromatic carbocycles. The number of carbonyl (C=O) groups excluding carboxylic acids is 1. The molecular formula is C15H12N2O2. The van der Waals surface area contributed by atoms with E-state index in [1.165, 1.54) is 0 Å². The van der Waals surface area contributed by atoms with Gasteiger partial charge in [-0.1, -0.05) is 42.5 Å². The van der Waals surface area contributed by atoms with Crippen LogP contribution in [0.25, 0.3) is 0 Å². The molecular weight excluding hydrogens is 240 g/mol. The van der Waals surface area contributed by atoms with Crippen molar-refractivity contribution in [3.8, 4) is 0 Å². The Morgan fingerprint density at radius 1 is 1.16 bits per heavy atom. The monoisotopic (exact) mass is 252 g/mol. The van der Waals surface area contributed by atoms with Crippen molar-refractivity contribution in [2.24, 2.45) is 10.9 Å². The standard InChI is InChI=1S/C15H12N2O2/c18-14-13(10-11-6-4-5-7-11)17-15(19-14)16-12-8-2-1-3-9-12/h1-11H,(H,16,17)/b13-10-. The highest BCUT2D eigenvalue weighted by atomic mass is 16.6. The maximum atomic E-state index is 11.7. The quantitative estimate of drug-likeness (QED) is 0.650. The number of nitrogens with zero attached hydrogens (tertiary/aromatic N) is 1. The third kappa shape index (κ3) is 2.63. The number of hydrogen-bond donors (Lipinski definition) is 1. The molecule has 94 valence electrons. The number of cyclic esters (lactones) is 1. The van der Waals surface area contributed by atoms with Crippen LogP contribution in [0.5, 0.6) is 0 Å². The van der Waals surface area contributed by atoms with E-state index in [2.05, 4.69) is 10.3 Å². The lowest BCUT2D eigenvalue weighted by atomic mass is 10.1. The fraction of sp³-hybridized carbons (Fsp3) is 0.0667. The van der Waals surface area contributed by atoms with Gasteiger partial charge in [0, 0.05) is 11.6 Å². The van der Waals surface area contributed by atoms with Crippen LogP contribution in [0, 0.1) is 5.92 Å². The van der Waals surface area contributed by atoms with Gasteiger partial charge in [-0.15, -0.1) is 0 Å². The van der Waals surface area contributed by atoms with Crippen molar-refractivity contribution in [3.63, 3.8) is 0 Å². The Hall–Kier alpha value is -2.62. The lowest BCUT2D eigenvalue weighted by molar-refractivity contribution is -0.130. The van der Waals surface area contributed by atoms with E-state index in [4.69, 9.17) is 4.74 Å². The van der Waals surface area contributed by atoms with Gasteiger partial charge in [-0.3, -0.25) is 0 Å².